The number of hydrogen-bond acceptors (Lipinski definition) is 4. The average molecular weight is 297 g/mol. The largest absolute Gasteiger partial charge is 0.507 e. The summed E-state index contributed by atoms with van der Waals surface area (Å²) in [5.74, 6) is -0.730. The summed E-state index contributed by atoms with van der Waals surface area (Å²) >= 11 is 0. The number of carbonyl (C=O) groups excluding carboxylic acids is 2. The molecule has 0 aliphatic heterocycles. The van der Waals surface area contributed by atoms with E-state index in [-0.39, 0.29) is 11.3 Å². The minimum atomic E-state index is -0.654. The van der Waals surface area contributed by atoms with Gasteiger partial charge in [-0.1, -0.05) is 24.3 Å². The maximum atomic E-state index is 11.8. The van der Waals surface area contributed by atoms with Gasteiger partial charge in [0.25, 0.3) is 11.8 Å². The maximum absolute atomic E-state index is 11.8. The minimum Gasteiger partial charge on any atom is -0.507 e. The van der Waals surface area contributed by atoms with Crippen LogP contribution in [-0.2, 0) is 4.79 Å². The Kier molecular flexibility index (Phi) is 4.93. The fourth-order valence-electron chi connectivity index (χ4n) is 1.80. The van der Waals surface area contributed by atoms with E-state index >= 15 is 0 Å². The van der Waals surface area contributed by atoms with E-state index in [0.717, 1.165) is 5.56 Å². The smallest absolute Gasteiger partial charge is 0.261 e. The number of methoxy groups -OCH3 is 1. The van der Waals surface area contributed by atoms with Crippen molar-refractivity contribution in [2.24, 2.45) is 0 Å². The van der Waals surface area contributed by atoms with Crippen molar-refractivity contribution in [1.29, 1.82) is 0 Å². The molecule has 0 fully saturated rings. The van der Waals surface area contributed by atoms with Crippen molar-refractivity contribution in [1.82, 2.24) is 5.32 Å². The fourth-order valence-corrected chi connectivity index (χ4v) is 1.80. The van der Waals surface area contributed by atoms with Crippen LogP contribution in [0.1, 0.15) is 15.9 Å². The van der Waals surface area contributed by atoms with Gasteiger partial charge >= 0.3 is 0 Å². The number of ether oxygens (including phenoxy) is 1. The lowest BCUT2D eigenvalue weighted by atomic mass is 10.2. The number of para-hydroxylation sites is 1. The number of carbonyl (C=O) groups is 2. The number of phenols is 1. The average Bonchev–Trinajstić information content (AvgIpc) is 2.53. The Bertz CT molecular complexity index is 722. The molecule has 5 nitrogen and oxygen atoms in total. The van der Waals surface area contributed by atoms with Crippen molar-refractivity contribution in [2.45, 2.75) is 0 Å². The van der Waals surface area contributed by atoms with Crippen LogP contribution in [-0.4, -0.2) is 24.0 Å². The molecule has 0 radical (unpaired) electrons. The number of aromatic hydroxyl groups is 1. The van der Waals surface area contributed by atoms with Crippen molar-refractivity contribution in [3.63, 3.8) is 0 Å². The summed E-state index contributed by atoms with van der Waals surface area (Å²) in [6, 6.07) is 13.2. The molecule has 112 valence electrons. The van der Waals surface area contributed by atoms with E-state index in [4.69, 9.17) is 4.74 Å². The van der Waals surface area contributed by atoms with Gasteiger partial charge in [-0.3, -0.25) is 14.9 Å². The molecule has 0 saturated carbocycles. The van der Waals surface area contributed by atoms with Crippen LogP contribution in [0.15, 0.2) is 54.6 Å². The zero-order chi connectivity index (χ0) is 15.9. The molecule has 0 saturated heterocycles. The summed E-state index contributed by atoms with van der Waals surface area (Å²) in [5.41, 5.74) is 0.815. The number of nitrogens with one attached hydrogen (secondary N) is 1. The number of amides is 2. The molecule has 5 heteroatoms. The molecule has 0 heterocycles. The molecule has 22 heavy (non-hydrogen) atoms. The molecular formula is C17H15NO4. The molecule has 0 aliphatic carbocycles. The van der Waals surface area contributed by atoms with E-state index in [1.165, 1.54) is 18.2 Å². The summed E-state index contributed by atoms with van der Waals surface area (Å²) < 4.78 is 5.08. The highest BCUT2D eigenvalue weighted by Crippen LogP contribution is 2.15. The third-order valence-corrected chi connectivity index (χ3v) is 2.91. The zero-order valence-corrected chi connectivity index (χ0v) is 11.9. The first kappa shape index (κ1) is 15.3. The van der Waals surface area contributed by atoms with Gasteiger partial charge in [0.05, 0.1) is 12.7 Å². The standard InChI is InChI=1S/C17H15NO4/c1-22-13-6-4-5-12(11-13)9-10-16(20)18-17(21)14-7-2-3-8-15(14)19/h2-11,19H,1H3,(H,18,20,21)/b10-9+. The van der Waals surface area contributed by atoms with Crippen molar-refractivity contribution >= 4 is 17.9 Å². The summed E-state index contributed by atoms with van der Waals surface area (Å²) in [6.07, 6.45) is 2.81. The van der Waals surface area contributed by atoms with Gasteiger partial charge in [-0.15, -0.1) is 0 Å². The van der Waals surface area contributed by atoms with Crippen LogP contribution in [0.4, 0.5) is 0 Å². The summed E-state index contributed by atoms with van der Waals surface area (Å²) in [6.45, 7) is 0. The predicted molar refractivity (Wildman–Crippen MR) is 82.6 cm³/mol. The number of hydrogen-bond donors (Lipinski definition) is 2. The van der Waals surface area contributed by atoms with E-state index < -0.39 is 11.8 Å². The minimum absolute atomic E-state index is 0.0469. The quantitative estimate of drug-likeness (QED) is 0.850. The number of phenolic OH excluding ortho intramolecular Hbond substituents is 1. The van der Waals surface area contributed by atoms with Crippen molar-refractivity contribution < 1.29 is 19.4 Å². The molecule has 0 spiro atoms. The van der Waals surface area contributed by atoms with E-state index in [9.17, 15) is 14.7 Å². The Balaban J connectivity index is 2.02. The topological polar surface area (TPSA) is 75.6 Å². The molecule has 2 N–H and O–H groups in total. The Hall–Kier alpha value is -3.08. The molecule has 0 bridgehead atoms. The van der Waals surface area contributed by atoms with Crippen LogP contribution >= 0.6 is 0 Å². The highest BCUT2D eigenvalue weighted by molar-refractivity contribution is 6.10. The van der Waals surface area contributed by atoms with Crippen molar-refractivity contribution in [3.8, 4) is 11.5 Å². The Morgan fingerprint density at radius 3 is 2.64 bits per heavy atom. The zero-order valence-electron chi connectivity index (χ0n) is 11.9. The Morgan fingerprint density at radius 2 is 1.91 bits per heavy atom. The SMILES string of the molecule is COc1cccc(/C=C/C(=O)NC(=O)c2ccccc2O)c1. The molecule has 0 aliphatic rings. The highest BCUT2D eigenvalue weighted by Gasteiger charge is 2.11. The lowest BCUT2D eigenvalue weighted by Crippen LogP contribution is -2.28. The third-order valence-electron chi connectivity index (χ3n) is 2.91. The molecule has 2 rings (SSSR count). The molecular weight excluding hydrogens is 282 g/mol. The highest BCUT2D eigenvalue weighted by atomic mass is 16.5. The molecule has 2 aromatic rings. The fraction of sp³-hybridized carbons (Fsp3) is 0.0588. The van der Waals surface area contributed by atoms with Crippen LogP contribution < -0.4 is 10.1 Å². The predicted octanol–water partition coefficient (Wildman–Crippen LogP) is 2.37. The Labute approximate surface area is 127 Å². The normalized spacial score (nSPS) is 10.4. The van der Waals surface area contributed by atoms with Gasteiger partial charge in [0, 0.05) is 6.08 Å². The second-order valence-corrected chi connectivity index (χ2v) is 4.45. The van der Waals surface area contributed by atoms with E-state index in [1.54, 1.807) is 49.6 Å². The van der Waals surface area contributed by atoms with Crippen LogP contribution in [0, 0.1) is 0 Å². The van der Waals surface area contributed by atoms with E-state index in [0.29, 0.717) is 5.75 Å². The van der Waals surface area contributed by atoms with Gasteiger partial charge in [0.2, 0.25) is 0 Å². The van der Waals surface area contributed by atoms with Gasteiger partial charge in [0.15, 0.2) is 0 Å². The molecule has 0 unspecified atom stereocenters. The van der Waals surface area contributed by atoms with Crippen LogP contribution in [0.3, 0.4) is 0 Å². The van der Waals surface area contributed by atoms with Gasteiger partial charge in [-0.05, 0) is 35.9 Å². The van der Waals surface area contributed by atoms with Gasteiger partial charge in [0.1, 0.15) is 11.5 Å². The first-order valence-electron chi connectivity index (χ1n) is 6.55. The second kappa shape index (κ2) is 7.08. The number of imide groups is 1. The first-order chi connectivity index (χ1) is 10.6. The maximum Gasteiger partial charge on any atom is 0.261 e. The van der Waals surface area contributed by atoms with Crippen molar-refractivity contribution in [3.05, 3.63) is 65.7 Å². The molecule has 0 aromatic heterocycles. The van der Waals surface area contributed by atoms with Crippen LogP contribution in [0.25, 0.3) is 6.08 Å². The first-order valence-corrected chi connectivity index (χ1v) is 6.55. The summed E-state index contributed by atoms with van der Waals surface area (Å²) in [7, 11) is 1.56. The molecule has 2 aromatic carbocycles. The lowest BCUT2D eigenvalue weighted by molar-refractivity contribution is -0.115. The van der Waals surface area contributed by atoms with Crippen LogP contribution in [0.2, 0.25) is 0 Å². The van der Waals surface area contributed by atoms with Gasteiger partial charge < -0.3 is 9.84 Å². The monoisotopic (exact) mass is 297 g/mol. The molecule has 2 amide bonds. The Morgan fingerprint density at radius 1 is 1.14 bits per heavy atom. The van der Waals surface area contributed by atoms with E-state index in [1.807, 2.05) is 0 Å². The number of rotatable bonds is 4. The molecule has 0 atom stereocenters. The lowest BCUT2D eigenvalue weighted by Gasteiger charge is -2.03. The summed E-state index contributed by atoms with van der Waals surface area (Å²) in [4.78, 5) is 23.6. The summed E-state index contributed by atoms with van der Waals surface area (Å²) in [5, 5.41) is 11.7. The van der Waals surface area contributed by atoms with Crippen molar-refractivity contribution in [2.75, 3.05) is 7.11 Å². The number of benzene rings is 2. The second-order valence-electron chi connectivity index (χ2n) is 4.45. The third kappa shape index (κ3) is 3.96. The van der Waals surface area contributed by atoms with E-state index in [2.05, 4.69) is 5.32 Å². The van der Waals surface area contributed by atoms with Gasteiger partial charge in [-0.25, -0.2) is 0 Å². The van der Waals surface area contributed by atoms with Crippen LogP contribution in [0.5, 0.6) is 11.5 Å². The van der Waals surface area contributed by atoms with Gasteiger partial charge in [-0.2, -0.15) is 0 Å².